The van der Waals surface area contributed by atoms with Gasteiger partial charge < -0.3 is 0 Å². The third-order valence-electron chi connectivity index (χ3n) is 3.09. The molecule has 0 aliphatic carbocycles. The maximum Gasteiger partial charge on any atom is 0.329 e. The summed E-state index contributed by atoms with van der Waals surface area (Å²) >= 11 is 3.37. The summed E-state index contributed by atoms with van der Waals surface area (Å²) in [5, 5.41) is 6.66. The quantitative estimate of drug-likeness (QED) is 0.858. The lowest BCUT2D eigenvalue weighted by atomic mass is 10.2. The van der Waals surface area contributed by atoms with Crippen LogP contribution in [0.25, 0.3) is 6.08 Å². The minimum absolute atomic E-state index is 0.255. The lowest BCUT2D eigenvalue weighted by molar-refractivity contribution is -0.120. The first-order valence-corrected chi connectivity index (χ1v) is 6.88. The van der Waals surface area contributed by atoms with Crippen LogP contribution in [0.4, 0.5) is 10.6 Å². The Bertz CT molecular complexity index is 618. The molecule has 1 saturated heterocycles. The van der Waals surface area contributed by atoms with Crippen LogP contribution in [0.1, 0.15) is 17.7 Å². The Morgan fingerprint density at radius 1 is 1.50 bits per heavy atom. The van der Waals surface area contributed by atoms with Crippen molar-refractivity contribution in [2.45, 2.75) is 13.3 Å². The molecule has 1 aromatic rings. The fourth-order valence-corrected chi connectivity index (χ4v) is 2.26. The summed E-state index contributed by atoms with van der Waals surface area (Å²) in [6.45, 7) is 5.91. The number of nitrogens with one attached hydrogen (secondary N) is 1. The molecule has 0 aromatic carbocycles. The van der Waals surface area contributed by atoms with E-state index in [-0.39, 0.29) is 12.3 Å². The molecule has 7 heteroatoms. The summed E-state index contributed by atoms with van der Waals surface area (Å²) in [6.07, 6.45) is 3.84. The fourth-order valence-electron chi connectivity index (χ4n) is 2.04. The van der Waals surface area contributed by atoms with Gasteiger partial charge in [0.15, 0.2) is 5.82 Å². The van der Waals surface area contributed by atoms with Crippen molar-refractivity contribution in [3.63, 3.8) is 0 Å². The lowest BCUT2D eigenvalue weighted by Crippen LogP contribution is -2.50. The number of aryl methyl sites for hydroxylation is 1. The molecule has 1 fully saturated rings. The average Bonchev–Trinajstić information content (AvgIpc) is 2.66. The summed E-state index contributed by atoms with van der Waals surface area (Å²) in [4.78, 5) is 24.5. The Morgan fingerprint density at radius 3 is 2.80 bits per heavy atom. The summed E-state index contributed by atoms with van der Waals surface area (Å²) < 4.78 is 2.52. The Kier molecular flexibility index (Phi) is 4.08. The average molecular weight is 339 g/mol. The molecule has 0 unspecified atom stereocenters. The molecule has 1 aromatic heterocycles. The number of aromatic nitrogens is 2. The molecule has 1 N–H and O–H groups in total. The Balaban J connectivity index is 2.39. The SMILES string of the molecule is C=C/C(Br)=C\c1c(C)c(N2CCC(=O)NC2=O)nn1C. The second-order valence-electron chi connectivity index (χ2n) is 4.45. The number of rotatable bonds is 3. The number of amides is 3. The van der Waals surface area contributed by atoms with Gasteiger partial charge in [0.1, 0.15) is 0 Å². The maximum absolute atomic E-state index is 11.9. The first kappa shape index (κ1) is 14.5. The van der Waals surface area contributed by atoms with E-state index in [0.717, 1.165) is 15.7 Å². The van der Waals surface area contributed by atoms with Crippen LogP contribution in [0.5, 0.6) is 0 Å². The van der Waals surface area contributed by atoms with Gasteiger partial charge in [0.05, 0.1) is 5.69 Å². The number of imide groups is 1. The van der Waals surface area contributed by atoms with Crippen molar-refractivity contribution in [2.75, 3.05) is 11.4 Å². The van der Waals surface area contributed by atoms with Crippen LogP contribution in [0, 0.1) is 6.92 Å². The molecule has 0 saturated carbocycles. The zero-order chi connectivity index (χ0) is 14.9. The Labute approximate surface area is 125 Å². The number of nitrogens with zero attached hydrogens (tertiary/aromatic N) is 3. The van der Waals surface area contributed by atoms with Crippen molar-refractivity contribution >= 4 is 39.8 Å². The smallest absolute Gasteiger partial charge is 0.278 e. The second kappa shape index (κ2) is 5.62. The van der Waals surface area contributed by atoms with E-state index in [4.69, 9.17) is 0 Å². The van der Waals surface area contributed by atoms with Gasteiger partial charge in [-0.25, -0.2) is 4.79 Å². The van der Waals surface area contributed by atoms with Gasteiger partial charge in [-0.3, -0.25) is 19.7 Å². The molecule has 2 heterocycles. The largest absolute Gasteiger partial charge is 0.329 e. The van der Waals surface area contributed by atoms with E-state index in [1.54, 1.807) is 17.8 Å². The first-order valence-electron chi connectivity index (χ1n) is 6.08. The summed E-state index contributed by atoms with van der Waals surface area (Å²) in [7, 11) is 1.80. The molecular formula is C13H15BrN4O2. The number of halogens is 1. The second-order valence-corrected chi connectivity index (χ2v) is 5.36. The van der Waals surface area contributed by atoms with Crippen LogP contribution >= 0.6 is 15.9 Å². The zero-order valence-corrected chi connectivity index (χ0v) is 12.9. The summed E-state index contributed by atoms with van der Waals surface area (Å²) in [5.74, 6) is 0.308. The first-order chi connectivity index (χ1) is 9.43. The number of carbonyl (C=O) groups is 2. The van der Waals surface area contributed by atoms with Crippen LogP contribution in [-0.2, 0) is 11.8 Å². The normalized spacial score (nSPS) is 16.4. The van der Waals surface area contributed by atoms with Crippen molar-refractivity contribution in [3.8, 4) is 0 Å². The van der Waals surface area contributed by atoms with Gasteiger partial charge in [-0.1, -0.05) is 28.6 Å². The highest BCUT2D eigenvalue weighted by molar-refractivity contribution is 9.12. The molecule has 0 bridgehead atoms. The number of anilines is 1. The summed E-state index contributed by atoms with van der Waals surface area (Å²) in [6, 6.07) is -0.430. The van der Waals surface area contributed by atoms with Gasteiger partial charge in [0.2, 0.25) is 5.91 Å². The van der Waals surface area contributed by atoms with Gasteiger partial charge in [-0.2, -0.15) is 5.10 Å². The van der Waals surface area contributed by atoms with E-state index in [9.17, 15) is 9.59 Å². The predicted octanol–water partition coefficient (Wildman–Crippen LogP) is 2.10. The van der Waals surface area contributed by atoms with E-state index in [0.29, 0.717) is 12.4 Å². The van der Waals surface area contributed by atoms with E-state index in [2.05, 4.69) is 32.9 Å². The minimum Gasteiger partial charge on any atom is -0.278 e. The van der Waals surface area contributed by atoms with Gasteiger partial charge in [-0.05, 0) is 13.0 Å². The van der Waals surface area contributed by atoms with Crippen LogP contribution in [0.3, 0.4) is 0 Å². The molecule has 0 spiro atoms. The molecule has 20 heavy (non-hydrogen) atoms. The van der Waals surface area contributed by atoms with Crippen molar-refractivity contribution in [3.05, 3.63) is 28.4 Å². The van der Waals surface area contributed by atoms with E-state index >= 15 is 0 Å². The topological polar surface area (TPSA) is 67.2 Å². The van der Waals surface area contributed by atoms with Crippen molar-refractivity contribution < 1.29 is 9.59 Å². The molecule has 6 nitrogen and oxygen atoms in total. The Morgan fingerprint density at radius 2 is 2.20 bits per heavy atom. The highest BCUT2D eigenvalue weighted by Crippen LogP contribution is 2.26. The van der Waals surface area contributed by atoms with Gasteiger partial charge in [0.25, 0.3) is 0 Å². The highest BCUT2D eigenvalue weighted by Gasteiger charge is 2.28. The molecule has 3 amide bonds. The number of allylic oxidation sites excluding steroid dienone is 2. The zero-order valence-electron chi connectivity index (χ0n) is 11.3. The van der Waals surface area contributed by atoms with E-state index < -0.39 is 6.03 Å². The van der Waals surface area contributed by atoms with Crippen LogP contribution < -0.4 is 10.2 Å². The number of carbonyl (C=O) groups excluding carboxylic acids is 2. The molecule has 2 rings (SSSR count). The third-order valence-corrected chi connectivity index (χ3v) is 3.64. The molecule has 1 aliphatic rings. The molecule has 106 valence electrons. The predicted molar refractivity (Wildman–Crippen MR) is 80.5 cm³/mol. The van der Waals surface area contributed by atoms with E-state index in [1.807, 2.05) is 13.0 Å². The molecule has 0 radical (unpaired) electrons. The molecule has 1 aliphatic heterocycles. The summed E-state index contributed by atoms with van der Waals surface area (Å²) in [5.41, 5.74) is 1.74. The third kappa shape index (κ3) is 2.67. The van der Waals surface area contributed by atoms with Crippen LogP contribution in [0.15, 0.2) is 17.1 Å². The maximum atomic E-state index is 11.9. The van der Waals surface area contributed by atoms with Gasteiger partial charge in [-0.15, -0.1) is 0 Å². The monoisotopic (exact) mass is 338 g/mol. The standard InChI is InChI=1S/C13H15BrN4O2/c1-4-9(14)7-10-8(2)12(16-17(10)3)18-6-5-11(19)15-13(18)20/h4,7H,1,5-6H2,2-3H3,(H,15,19,20)/b9-7+. The van der Waals surface area contributed by atoms with Crippen LogP contribution in [0.2, 0.25) is 0 Å². The number of hydrogen-bond donors (Lipinski definition) is 1. The van der Waals surface area contributed by atoms with Crippen molar-refractivity contribution in [1.29, 1.82) is 0 Å². The van der Waals surface area contributed by atoms with Crippen molar-refractivity contribution in [2.24, 2.45) is 7.05 Å². The minimum atomic E-state index is -0.430. The highest BCUT2D eigenvalue weighted by atomic mass is 79.9. The Hall–Kier alpha value is -1.89. The van der Waals surface area contributed by atoms with E-state index in [1.165, 1.54) is 4.90 Å². The fraction of sp³-hybridized carbons (Fsp3) is 0.308. The number of urea groups is 1. The van der Waals surface area contributed by atoms with Gasteiger partial charge >= 0.3 is 6.03 Å². The van der Waals surface area contributed by atoms with Crippen LogP contribution in [-0.4, -0.2) is 28.3 Å². The molecule has 0 atom stereocenters. The lowest BCUT2D eigenvalue weighted by Gasteiger charge is -2.24. The van der Waals surface area contributed by atoms with Crippen molar-refractivity contribution in [1.82, 2.24) is 15.1 Å². The molecular weight excluding hydrogens is 324 g/mol. The number of hydrogen-bond acceptors (Lipinski definition) is 3. The van der Waals surface area contributed by atoms with Gasteiger partial charge in [0, 0.05) is 30.1 Å².